The minimum Gasteiger partial charge on any atom is -0.378 e. The van der Waals surface area contributed by atoms with E-state index in [2.05, 4.69) is 43.4 Å². The van der Waals surface area contributed by atoms with Gasteiger partial charge < -0.3 is 14.7 Å². The van der Waals surface area contributed by atoms with Gasteiger partial charge in [0.05, 0.1) is 6.61 Å². The first kappa shape index (κ1) is 24.1. The van der Waals surface area contributed by atoms with Crippen LogP contribution in [0.1, 0.15) is 50.0 Å². The van der Waals surface area contributed by atoms with Gasteiger partial charge in [0.2, 0.25) is 0 Å². The van der Waals surface area contributed by atoms with E-state index in [-0.39, 0.29) is 0 Å². The van der Waals surface area contributed by atoms with Crippen molar-refractivity contribution in [3.8, 4) is 0 Å². The van der Waals surface area contributed by atoms with Gasteiger partial charge in [-0.25, -0.2) is 0 Å². The molecule has 2 atom stereocenters. The molecular formula is C27H35N2O2P. The van der Waals surface area contributed by atoms with Gasteiger partial charge in [-0.05, 0) is 59.9 Å². The van der Waals surface area contributed by atoms with Crippen molar-refractivity contribution in [1.82, 2.24) is 0 Å². The van der Waals surface area contributed by atoms with Gasteiger partial charge >= 0.3 is 0 Å². The molecule has 170 valence electrons. The summed E-state index contributed by atoms with van der Waals surface area (Å²) in [5.74, 6) is -0.0609. The van der Waals surface area contributed by atoms with Gasteiger partial charge in [-0.15, -0.1) is 0 Å². The highest BCUT2D eigenvalue weighted by atomic mass is 31.2. The topological polar surface area (TPSA) is 41.6 Å². The molecule has 0 aromatic heterocycles. The standard InChI is InChI=1S/C27H35N2O2P/c1-6-20-31-32(30,26-18-16-25(17-19-26)29(4)5)27(28-24-10-8-7-9-11-24)23-14-12-22(13-15-23)21(2)3/h7-19,21,27-28H,6,20H2,1-5H3/t27-,32-/m0/s1. The van der Waals surface area contributed by atoms with Gasteiger partial charge in [-0.1, -0.05) is 63.2 Å². The highest BCUT2D eigenvalue weighted by molar-refractivity contribution is 7.67. The molecule has 0 saturated heterocycles. The zero-order chi connectivity index (χ0) is 23.1. The second kappa shape index (κ2) is 10.8. The Morgan fingerprint density at radius 2 is 1.47 bits per heavy atom. The summed E-state index contributed by atoms with van der Waals surface area (Å²) in [4.78, 5) is 2.03. The fraction of sp³-hybridized carbons (Fsp3) is 0.333. The van der Waals surface area contributed by atoms with Crippen LogP contribution in [-0.4, -0.2) is 20.7 Å². The lowest BCUT2D eigenvalue weighted by Crippen LogP contribution is -2.21. The largest absolute Gasteiger partial charge is 0.378 e. The number of rotatable bonds is 10. The Morgan fingerprint density at radius 1 is 0.875 bits per heavy atom. The number of benzene rings is 3. The Kier molecular flexibility index (Phi) is 8.17. The van der Waals surface area contributed by atoms with E-state index in [1.54, 1.807) is 0 Å². The first-order chi connectivity index (χ1) is 15.3. The molecule has 0 bridgehead atoms. The van der Waals surface area contributed by atoms with Crippen LogP contribution in [0.2, 0.25) is 0 Å². The van der Waals surface area contributed by atoms with Crippen molar-refractivity contribution in [2.45, 2.75) is 38.9 Å². The van der Waals surface area contributed by atoms with E-state index in [0.29, 0.717) is 12.5 Å². The second-order valence-electron chi connectivity index (χ2n) is 8.58. The van der Waals surface area contributed by atoms with Crippen molar-refractivity contribution >= 4 is 24.0 Å². The summed E-state index contributed by atoms with van der Waals surface area (Å²) < 4.78 is 20.9. The van der Waals surface area contributed by atoms with Crippen molar-refractivity contribution in [3.63, 3.8) is 0 Å². The summed E-state index contributed by atoms with van der Waals surface area (Å²) in [7, 11) is 0.692. The molecule has 0 radical (unpaired) electrons. The summed E-state index contributed by atoms with van der Waals surface area (Å²) >= 11 is 0. The molecule has 3 aromatic carbocycles. The van der Waals surface area contributed by atoms with E-state index >= 15 is 0 Å². The molecule has 32 heavy (non-hydrogen) atoms. The minimum atomic E-state index is -3.30. The van der Waals surface area contributed by atoms with Crippen molar-refractivity contribution in [1.29, 1.82) is 0 Å². The third kappa shape index (κ3) is 5.62. The Morgan fingerprint density at radius 3 is 2.00 bits per heavy atom. The van der Waals surface area contributed by atoms with Gasteiger partial charge in [-0.2, -0.15) is 0 Å². The fourth-order valence-corrected chi connectivity index (χ4v) is 6.10. The molecule has 0 aliphatic heterocycles. The van der Waals surface area contributed by atoms with Gasteiger partial charge in [0, 0.05) is 30.8 Å². The van der Waals surface area contributed by atoms with E-state index in [0.717, 1.165) is 28.7 Å². The Hall–Kier alpha value is -2.55. The average Bonchev–Trinajstić information content (AvgIpc) is 2.82. The maximum absolute atomic E-state index is 14.7. The maximum Gasteiger partial charge on any atom is 0.258 e. The number of anilines is 2. The first-order valence-electron chi connectivity index (χ1n) is 11.3. The first-order valence-corrected chi connectivity index (χ1v) is 13.0. The molecule has 0 spiro atoms. The zero-order valence-corrected chi connectivity index (χ0v) is 20.7. The number of nitrogens with zero attached hydrogens (tertiary/aromatic N) is 1. The smallest absolute Gasteiger partial charge is 0.258 e. The number of hydrogen-bond donors (Lipinski definition) is 1. The van der Waals surface area contributed by atoms with Crippen LogP contribution in [0.3, 0.4) is 0 Å². The van der Waals surface area contributed by atoms with E-state index in [1.807, 2.05) is 80.5 Å². The lowest BCUT2D eigenvalue weighted by molar-refractivity contribution is 0.315. The minimum absolute atomic E-state index is 0.434. The molecule has 0 heterocycles. The van der Waals surface area contributed by atoms with E-state index in [1.165, 1.54) is 5.56 Å². The predicted octanol–water partition coefficient (Wildman–Crippen LogP) is 7.02. The summed E-state index contributed by atoms with van der Waals surface area (Å²) in [6, 6.07) is 26.2. The number of nitrogens with one attached hydrogen (secondary N) is 1. The highest BCUT2D eigenvalue weighted by Crippen LogP contribution is 2.59. The Bertz CT molecular complexity index is 1020. The number of hydrogen-bond acceptors (Lipinski definition) is 4. The van der Waals surface area contributed by atoms with Crippen molar-refractivity contribution in [2.75, 3.05) is 30.9 Å². The normalized spacial score (nSPS) is 14.1. The molecular weight excluding hydrogens is 415 g/mol. The SMILES string of the molecule is CCCO[P@@](=O)(c1ccc(N(C)C)cc1)[C@H](Nc1ccccc1)c1ccc(C(C)C)cc1. The monoisotopic (exact) mass is 450 g/mol. The second-order valence-corrected chi connectivity index (χ2v) is 11.1. The van der Waals surface area contributed by atoms with Crippen LogP contribution in [0.25, 0.3) is 0 Å². The third-order valence-corrected chi connectivity index (χ3v) is 8.24. The van der Waals surface area contributed by atoms with Crippen LogP contribution in [-0.2, 0) is 9.09 Å². The van der Waals surface area contributed by atoms with Gasteiger partial charge in [0.15, 0.2) is 0 Å². The molecule has 4 nitrogen and oxygen atoms in total. The van der Waals surface area contributed by atoms with E-state index in [9.17, 15) is 4.57 Å². The fourth-order valence-electron chi connectivity index (χ4n) is 3.60. The molecule has 0 unspecified atom stereocenters. The summed E-state index contributed by atoms with van der Waals surface area (Å²) in [5.41, 5.74) is 4.18. The van der Waals surface area contributed by atoms with Crippen LogP contribution in [0.5, 0.6) is 0 Å². The van der Waals surface area contributed by atoms with Crippen LogP contribution in [0.4, 0.5) is 11.4 Å². The molecule has 5 heteroatoms. The molecule has 1 N–H and O–H groups in total. The van der Waals surface area contributed by atoms with Crippen LogP contribution >= 0.6 is 7.37 Å². The van der Waals surface area contributed by atoms with Crippen molar-refractivity contribution < 1.29 is 9.09 Å². The van der Waals surface area contributed by atoms with Gasteiger partial charge in [0.1, 0.15) is 5.78 Å². The van der Waals surface area contributed by atoms with E-state index < -0.39 is 13.2 Å². The quantitative estimate of drug-likeness (QED) is 0.337. The summed E-state index contributed by atoms with van der Waals surface area (Å²) in [6.07, 6.45) is 0.796. The van der Waals surface area contributed by atoms with Crippen LogP contribution < -0.4 is 15.5 Å². The van der Waals surface area contributed by atoms with E-state index in [4.69, 9.17) is 4.52 Å². The highest BCUT2D eigenvalue weighted by Gasteiger charge is 2.38. The van der Waals surface area contributed by atoms with Gasteiger partial charge in [0.25, 0.3) is 7.37 Å². The molecule has 0 amide bonds. The summed E-state index contributed by atoms with van der Waals surface area (Å²) in [5, 5.41) is 4.25. The lowest BCUT2D eigenvalue weighted by Gasteiger charge is -2.30. The van der Waals surface area contributed by atoms with Crippen molar-refractivity contribution in [2.24, 2.45) is 0 Å². The number of para-hydroxylation sites is 1. The molecule has 0 fully saturated rings. The zero-order valence-electron chi connectivity index (χ0n) is 19.8. The summed E-state index contributed by atoms with van der Waals surface area (Å²) in [6.45, 7) is 6.83. The third-order valence-electron chi connectivity index (χ3n) is 5.55. The maximum atomic E-state index is 14.7. The van der Waals surface area contributed by atoms with Crippen molar-refractivity contribution in [3.05, 3.63) is 90.0 Å². The van der Waals surface area contributed by atoms with Crippen LogP contribution in [0.15, 0.2) is 78.9 Å². The molecule has 3 rings (SSSR count). The lowest BCUT2D eigenvalue weighted by atomic mass is 10.0. The Labute approximate surface area is 193 Å². The molecule has 0 aliphatic rings. The Balaban J connectivity index is 2.10. The van der Waals surface area contributed by atoms with Crippen LogP contribution in [0, 0.1) is 0 Å². The molecule has 0 saturated carbocycles. The molecule has 0 aliphatic carbocycles. The van der Waals surface area contributed by atoms with Gasteiger partial charge in [-0.3, -0.25) is 4.57 Å². The predicted molar refractivity (Wildman–Crippen MR) is 138 cm³/mol. The molecule has 3 aromatic rings. The average molecular weight is 451 g/mol.